The highest BCUT2D eigenvalue weighted by molar-refractivity contribution is 7.17. The minimum atomic E-state index is -0.0350. The predicted molar refractivity (Wildman–Crippen MR) is 114 cm³/mol. The predicted octanol–water partition coefficient (Wildman–Crippen LogP) is 4.40. The van der Waals surface area contributed by atoms with Crippen molar-refractivity contribution in [2.75, 3.05) is 25.1 Å². The van der Waals surface area contributed by atoms with Gasteiger partial charge in [-0.15, -0.1) is 11.3 Å². The number of anilines is 1. The first-order valence-electron chi connectivity index (χ1n) is 9.67. The molecule has 1 aromatic carbocycles. The second kappa shape index (κ2) is 8.19. The van der Waals surface area contributed by atoms with Gasteiger partial charge >= 0.3 is 0 Å². The summed E-state index contributed by atoms with van der Waals surface area (Å²) >= 11 is 1.73. The Labute approximate surface area is 169 Å². The minimum Gasteiger partial charge on any atom is -0.497 e. The summed E-state index contributed by atoms with van der Waals surface area (Å²) in [6.07, 6.45) is 3.78. The third-order valence-corrected chi connectivity index (χ3v) is 6.31. The summed E-state index contributed by atoms with van der Waals surface area (Å²) < 4.78 is 6.45. The fourth-order valence-electron chi connectivity index (χ4n) is 3.82. The number of hydrogen-bond donors (Lipinski definition) is 1. The number of hydrogen-bond acceptors (Lipinski definition) is 5. The number of methoxy groups -OCH3 is 1. The number of pyridine rings is 1. The molecule has 0 unspecified atom stereocenters. The summed E-state index contributed by atoms with van der Waals surface area (Å²) in [7, 11) is 1.65. The average molecular weight is 396 g/mol. The molecule has 4 rings (SSSR count). The standard InChI is InChI=1S/C22H25N3O2S/c1-15(16-5-7-18(27-2)8-6-16)24-22(26)17-4-3-12-25(14-17)21-19-10-13-28-20(19)9-11-23-21/h5-11,13,15,17H,3-4,12,14H2,1-2H3,(H,24,26)/t15-,17+/m1/s1. The molecule has 1 aliphatic heterocycles. The first kappa shape index (κ1) is 18.7. The Morgan fingerprint density at radius 2 is 2.11 bits per heavy atom. The number of carbonyl (C=O) groups is 1. The van der Waals surface area contributed by atoms with Gasteiger partial charge < -0.3 is 15.0 Å². The van der Waals surface area contributed by atoms with E-state index in [1.54, 1.807) is 18.4 Å². The highest BCUT2D eigenvalue weighted by Gasteiger charge is 2.28. The topological polar surface area (TPSA) is 54.5 Å². The van der Waals surface area contributed by atoms with E-state index in [1.807, 2.05) is 43.5 Å². The smallest absolute Gasteiger partial charge is 0.225 e. The third kappa shape index (κ3) is 3.83. The highest BCUT2D eigenvalue weighted by atomic mass is 32.1. The molecule has 1 fully saturated rings. The van der Waals surface area contributed by atoms with Gasteiger partial charge in [-0.2, -0.15) is 0 Å². The average Bonchev–Trinajstić information content (AvgIpc) is 3.23. The molecule has 0 spiro atoms. The lowest BCUT2D eigenvalue weighted by atomic mass is 9.96. The number of nitrogens with zero attached hydrogens (tertiary/aromatic N) is 2. The van der Waals surface area contributed by atoms with Gasteiger partial charge in [0.2, 0.25) is 5.91 Å². The number of aromatic nitrogens is 1. The molecule has 5 nitrogen and oxygen atoms in total. The molecule has 6 heteroatoms. The number of benzene rings is 1. The van der Waals surface area contributed by atoms with Crippen molar-refractivity contribution in [2.24, 2.45) is 5.92 Å². The Hall–Kier alpha value is -2.60. The number of fused-ring (bicyclic) bond motifs is 1. The van der Waals surface area contributed by atoms with E-state index >= 15 is 0 Å². The molecule has 0 bridgehead atoms. The quantitative estimate of drug-likeness (QED) is 0.696. The number of carbonyl (C=O) groups excluding carboxylic acids is 1. The van der Waals surface area contributed by atoms with Gasteiger partial charge in [0.05, 0.1) is 19.1 Å². The molecule has 3 heterocycles. The Kier molecular flexibility index (Phi) is 5.48. The van der Waals surface area contributed by atoms with Crippen LogP contribution in [0.5, 0.6) is 5.75 Å². The molecule has 2 atom stereocenters. The van der Waals surface area contributed by atoms with Gasteiger partial charge in [0.15, 0.2) is 0 Å². The summed E-state index contributed by atoms with van der Waals surface area (Å²) in [6.45, 7) is 3.68. The maximum atomic E-state index is 12.9. The number of thiophene rings is 1. The third-order valence-electron chi connectivity index (χ3n) is 5.43. The Bertz CT molecular complexity index is 954. The molecule has 3 aromatic rings. The van der Waals surface area contributed by atoms with Gasteiger partial charge in [-0.25, -0.2) is 4.98 Å². The van der Waals surface area contributed by atoms with Crippen molar-refractivity contribution in [1.82, 2.24) is 10.3 Å². The van der Waals surface area contributed by atoms with Crippen molar-refractivity contribution in [3.8, 4) is 5.75 Å². The summed E-state index contributed by atoms with van der Waals surface area (Å²) in [5, 5.41) is 6.46. The largest absolute Gasteiger partial charge is 0.497 e. The Morgan fingerprint density at radius 1 is 1.29 bits per heavy atom. The van der Waals surface area contributed by atoms with E-state index in [9.17, 15) is 4.79 Å². The van der Waals surface area contributed by atoms with Gasteiger partial charge in [-0.05, 0) is 55.0 Å². The normalized spacial score (nSPS) is 18.1. The van der Waals surface area contributed by atoms with E-state index in [0.717, 1.165) is 36.5 Å². The first-order chi connectivity index (χ1) is 13.7. The highest BCUT2D eigenvalue weighted by Crippen LogP contribution is 2.31. The number of ether oxygens (including phenoxy) is 1. The van der Waals surface area contributed by atoms with Crippen LogP contribution in [-0.2, 0) is 4.79 Å². The van der Waals surface area contributed by atoms with Crippen molar-refractivity contribution in [3.63, 3.8) is 0 Å². The van der Waals surface area contributed by atoms with Gasteiger partial charge in [0, 0.05) is 29.4 Å². The summed E-state index contributed by atoms with van der Waals surface area (Å²) in [6, 6.07) is 12.0. The van der Waals surface area contributed by atoms with Crippen molar-refractivity contribution in [1.29, 1.82) is 0 Å². The van der Waals surface area contributed by atoms with E-state index < -0.39 is 0 Å². The van der Waals surface area contributed by atoms with Crippen LogP contribution in [0.1, 0.15) is 31.4 Å². The molecule has 2 aromatic heterocycles. The zero-order valence-corrected chi connectivity index (χ0v) is 17.0. The number of rotatable bonds is 5. The minimum absolute atomic E-state index is 0.0230. The molecule has 1 saturated heterocycles. The second-order valence-electron chi connectivity index (χ2n) is 7.26. The SMILES string of the molecule is COc1ccc([C@@H](C)NC(=O)[C@H]2CCCN(c3nccc4sccc34)C2)cc1. The maximum Gasteiger partial charge on any atom is 0.225 e. The van der Waals surface area contributed by atoms with Crippen molar-refractivity contribution < 1.29 is 9.53 Å². The molecule has 1 amide bonds. The van der Waals surface area contributed by atoms with Gasteiger partial charge in [-0.3, -0.25) is 4.79 Å². The molecule has 0 aliphatic carbocycles. The second-order valence-corrected chi connectivity index (χ2v) is 8.20. The van der Waals surface area contributed by atoms with Crippen LogP contribution >= 0.6 is 11.3 Å². The molecule has 0 saturated carbocycles. The van der Waals surface area contributed by atoms with Gasteiger partial charge in [0.25, 0.3) is 0 Å². The zero-order chi connectivity index (χ0) is 19.5. The van der Waals surface area contributed by atoms with Crippen molar-refractivity contribution in [2.45, 2.75) is 25.8 Å². The zero-order valence-electron chi connectivity index (χ0n) is 16.2. The lowest BCUT2D eigenvalue weighted by Gasteiger charge is -2.33. The monoisotopic (exact) mass is 395 g/mol. The van der Waals surface area contributed by atoms with Crippen LogP contribution in [0.2, 0.25) is 0 Å². The van der Waals surface area contributed by atoms with E-state index in [2.05, 4.69) is 26.6 Å². The fraction of sp³-hybridized carbons (Fsp3) is 0.364. The van der Waals surface area contributed by atoms with E-state index in [4.69, 9.17) is 4.74 Å². The number of amides is 1. The first-order valence-corrected chi connectivity index (χ1v) is 10.5. The van der Waals surface area contributed by atoms with Crippen LogP contribution in [0.25, 0.3) is 10.1 Å². The maximum absolute atomic E-state index is 12.9. The lowest BCUT2D eigenvalue weighted by molar-refractivity contribution is -0.125. The molecule has 1 N–H and O–H groups in total. The molecule has 28 heavy (non-hydrogen) atoms. The van der Waals surface area contributed by atoms with Crippen molar-refractivity contribution >= 4 is 33.1 Å². The molecule has 0 radical (unpaired) electrons. The molecule has 1 aliphatic rings. The molecular weight excluding hydrogens is 370 g/mol. The van der Waals surface area contributed by atoms with E-state index in [-0.39, 0.29) is 17.9 Å². The summed E-state index contributed by atoms with van der Waals surface area (Å²) in [4.78, 5) is 19.8. The van der Waals surface area contributed by atoms with Crippen LogP contribution in [0.15, 0.2) is 48.0 Å². The lowest BCUT2D eigenvalue weighted by Crippen LogP contribution is -2.44. The van der Waals surface area contributed by atoms with Crippen LogP contribution in [0.4, 0.5) is 5.82 Å². The summed E-state index contributed by atoms with van der Waals surface area (Å²) in [5.41, 5.74) is 1.08. The van der Waals surface area contributed by atoms with Crippen LogP contribution in [-0.4, -0.2) is 31.1 Å². The van der Waals surface area contributed by atoms with Crippen LogP contribution in [0.3, 0.4) is 0 Å². The molecule has 146 valence electrons. The van der Waals surface area contributed by atoms with E-state index in [0.29, 0.717) is 6.54 Å². The number of nitrogens with one attached hydrogen (secondary N) is 1. The van der Waals surface area contributed by atoms with Crippen LogP contribution in [0, 0.1) is 5.92 Å². The van der Waals surface area contributed by atoms with Gasteiger partial charge in [0.1, 0.15) is 11.6 Å². The van der Waals surface area contributed by atoms with Crippen molar-refractivity contribution in [3.05, 3.63) is 53.5 Å². The number of piperidine rings is 1. The van der Waals surface area contributed by atoms with Crippen LogP contribution < -0.4 is 15.0 Å². The Balaban J connectivity index is 1.43. The van der Waals surface area contributed by atoms with Gasteiger partial charge in [-0.1, -0.05) is 12.1 Å². The summed E-state index contributed by atoms with van der Waals surface area (Å²) in [5.74, 6) is 1.91. The molecular formula is C22H25N3O2S. The van der Waals surface area contributed by atoms with E-state index in [1.165, 1.54) is 10.1 Å². The Morgan fingerprint density at radius 3 is 2.89 bits per heavy atom. The fourth-order valence-corrected chi connectivity index (χ4v) is 4.60.